The van der Waals surface area contributed by atoms with Crippen molar-refractivity contribution in [3.05, 3.63) is 22.2 Å². The van der Waals surface area contributed by atoms with Crippen LogP contribution in [0.5, 0.6) is 11.5 Å². The molecule has 21 heavy (non-hydrogen) atoms. The molecule has 1 atom stereocenters. The largest absolute Gasteiger partial charge is 0.480 e. The van der Waals surface area contributed by atoms with E-state index in [0.29, 0.717) is 0 Å². The Balaban J connectivity index is 2.44. The van der Waals surface area contributed by atoms with Crippen molar-refractivity contribution in [1.82, 2.24) is 0 Å². The highest BCUT2D eigenvalue weighted by molar-refractivity contribution is 7.94. The van der Waals surface area contributed by atoms with Crippen LogP contribution in [0.25, 0.3) is 0 Å². The molecule has 1 aromatic carbocycles. The third-order valence-electron chi connectivity index (χ3n) is 2.75. The van der Waals surface area contributed by atoms with Gasteiger partial charge in [-0.1, -0.05) is 0 Å². The lowest BCUT2D eigenvalue weighted by Crippen LogP contribution is -2.32. The zero-order valence-electron chi connectivity index (χ0n) is 10.6. The van der Waals surface area contributed by atoms with Gasteiger partial charge in [-0.25, -0.2) is 8.42 Å². The summed E-state index contributed by atoms with van der Waals surface area (Å²) in [6.45, 7) is 0.803. The second-order valence-electron chi connectivity index (χ2n) is 4.11. The lowest BCUT2D eigenvalue weighted by molar-refractivity contribution is -0.383. The molecule has 1 aliphatic rings. The summed E-state index contributed by atoms with van der Waals surface area (Å²) in [6.07, 6.45) is 0. The Kier molecular flexibility index (Phi) is 3.60. The minimum Gasteiger partial charge on any atom is -0.480 e. The molecule has 2 rings (SSSR count). The third-order valence-corrected chi connectivity index (χ3v) is 4.39. The number of nitrogens with one attached hydrogen (secondary N) is 1. The van der Waals surface area contributed by atoms with Crippen LogP contribution in [0.2, 0.25) is 0 Å². The molecule has 2 N–H and O–H groups in total. The summed E-state index contributed by atoms with van der Waals surface area (Å²) in [4.78, 5) is 20.9. The number of anilines is 1. The van der Waals surface area contributed by atoms with Crippen LogP contribution in [0.1, 0.15) is 6.92 Å². The minimum atomic E-state index is -4.34. The van der Waals surface area contributed by atoms with Crippen molar-refractivity contribution in [2.75, 3.05) is 11.5 Å². The van der Waals surface area contributed by atoms with E-state index in [9.17, 15) is 23.3 Å². The van der Waals surface area contributed by atoms with Gasteiger partial charge >= 0.3 is 5.97 Å². The van der Waals surface area contributed by atoms with Crippen molar-refractivity contribution in [1.29, 1.82) is 0 Å². The van der Waals surface area contributed by atoms with E-state index in [2.05, 4.69) is 0 Å². The van der Waals surface area contributed by atoms with Crippen LogP contribution in [0, 0.1) is 10.1 Å². The van der Waals surface area contributed by atoms with Crippen LogP contribution in [0.15, 0.2) is 12.1 Å². The van der Waals surface area contributed by atoms with E-state index in [1.165, 1.54) is 0 Å². The highest BCUT2D eigenvalue weighted by Crippen LogP contribution is 2.41. The second-order valence-corrected chi connectivity index (χ2v) is 6.11. The van der Waals surface area contributed by atoms with Crippen LogP contribution in [-0.4, -0.2) is 36.5 Å². The number of carboxylic acids is 1. The van der Waals surface area contributed by atoms with Gasteiger partial charge in [0.15, 0.2) is 16.7 Å². The quantitative estimate of drug-likeness (QED) is 0.591. The topological polar surface area (TPSA) is 145 Å². The fraction of sp³-hybridized carbons (Fsp3) is 0.300. The number of carboxylic acid groups (broad SMARTS) is 1. The Bertz CT molecular complexity index is 714. The Hall–Kier alpha value is -2.56. The Morgan fingerprint density at radius 2 is 2.00 bits per heavy atom. The summed E-state index contributed by atoms with van der Waals surface area (Å²) in [6, 6.07) is 2.08. The predicted molar refractivity (Wildman–Crippen MR) is 68.9 cm³/mol. The molecule has 1 aromatic rings. The van der Waals surface area contributed by atoms with Crippen LogP contribution in [-0.2, 0) is 14.8 Å². The monoisotopic (exact) mass is 318 g/mol. The van der Waals surface area contributed by atoms with Gasteiger partial charge in [0, 0.05) is 6.07 Å². The smallest absolute Gasteiger partial charge is 0.323 e. The van der Waals surface area contributed by atoms with E-state index in [-0.39, 0.29) is 18.3 Å². The number of rotatable bonds is 5. The summed E-state index contributed by atoms with van der Waals surface area (Å²) < 4.78 is 35.5. The molecule has 0 radical (unpaired) electrons. The maximum atomic E-state index is 11.8. The number of ether oxygens (including phenoxy) is 2. The van der Waals surface area contributed by atoms with E-state index >= 15 is 0 Å². The normalized spacial score (nSPS) is 14.5. The van der Waals surface area contributed by atoms with Crippen LogP contribution in [0.3, 0.4) is 0 Å². The lowest BCUT2D eigenvalue weighted by atomic mass is 10.2. The first kappa shape index (κ1) is 14.8. The van der Waals surface area contributed by atoms with E-state index in [4.69, 9.17) is 14.6 Å². The number of nitro benzene ring substituents is 1. The molecular formula is C10H10N2O8S. The van der Waals surface area contributed by atoms with Crippen molar-refractivity contribution in [3.63, 3.8) is 0 Å². The molecule has 0 aromatic heterocycles. The Morgan fingerprint density at radius 1 is 1.43 bits per heavy atom. The maximum absolute atomic E-state index is 11.8. The van der Waals surface area contributed by atoms with Gasteiger partial charge in [-0.15, -0.1) is 0 Å². The van der Waals surface area contributed by atoms with Crippen molar-refractivity contribution in [3.8, 4) is 11.5 Å². The standard InChI is InChI=1S/C10H10N2O8S/c1-5(10(13)14)21(17,18)11-6-2-8-9(20-4-19-8)3-7(6)12(15)16/h2-3,5,11H,4H2,1H3,(H,13,14). The van der Waals surface area contributed by atoms with E-state index in [0.717, 1.165) is 19.1 Å². The molecule has 0 fully saturated rings. The summed E-state index contributed by atoms with van der Waals surface area (Å²) in [5.74, 6) is -1.34. The molecule has 10 nitrogen and oxygen atoms in total. The zero-order valence-corrected chi connectivity index (χ0v) is 11.4. The van der Waals surface area contributed by atoms with Gasteiger partial charge in [0.25, 0.3) is 5.69 Å². The number of hydrogen-bond acceptors (Lipinski definition) is 7. The van der Waals surface area contributed by atoms with Crippen molar-refractivity contribution >= 4 is 27.4 Å². The lowest BCUT2D eigenvalue weighted by Gasteiger charge is -2.11. The number of aliphatic carboxylic acids is 1. The highest BCUT2D eigenvalue weighted by Gasteiger charge is 2.31. The molecule has 0 aliphatic carbocycles. The first-order chi connectivity index (χ1) is 9.72. The highest BCUT2D eigenvalue weighted by atomic mass is 32.2. The third kappa shape index (κ3) is 2.81. The van der Waals surface area contributed by atoms with Crippen LogP contribution < -0.4 is 14.2 Å². The molecule has 1 unspecified atom stereocenters. The number of fused-ring (bicyclic) bond motifs is 1. The molecule has 0 bridgehead atoms. The van der Waals surface area contributed by atoms with Gasteiger partial charge in [-0.2, -0.15) is 0 Å². The van der Waals surface area contributed by atoms with Gasteiger partial charge in [-0.3, -0.25) is 19.6 Å². The fourth-order valence-corrected chi connectivity index (χ4v) is 2.45. The summed E-state index contributed by atoms with van der Waals surface area (Å²) in [5.41, 5.74) is -0.960. The predicted octanol–water partition coefficient (Wildman–Crippen LogP) is 0.538. The zero-order chi connectivity index (χ0) is 15.8. The van der Waals surface area contributed by atoms with Crippen molar-refractivity contribution in [2.45, 2.75) is 12.2 Å². The number of sulfonamides is 1. The van der Waals surface area contributed by atoms with Crippen LogP contribution in [0.4, 0.5) is 11.4 Å². The Morgan fingerprint density at radius 3 is 2.52 bits per heavy atom. The molecule has 0 spiro atoms. The average Bonchev–Trinajstić information content (AvgIpc) is 2.83. The summed E-state index contributed by atoms with van der Waals surface area (Å²) >= 11 is 0. The molecule has 11 heteroatoms. The minimum absolute atomic E-state index is 0.107. The average molecular weight is 318 g/mol. The van der Waals surface area contributed by atoms with Gasteiger partial charge in [0.2, 0.25) is 16.8 Å². The molecule has 1 aliphatic heterocycles. The Labute approximate surface area is 118 Å². The maximum Gasteiger partial charge on any atom is 0.323 e. The van der Waals surface area contributed by atoms with Crippen molar-refractivity contribution < 1.29 is 32.7 Å². The van der Waals surface area contributed by atoms with Gasteiger partial charge in [-0.05, 0) is 6.92 Å². The molecular weight excluding hydrogens is 308 g/mol. The number of benzene rings is 1. The van der Waals surface area contributed by atoms with Gasteiger partial charge in [0.1, 0.15) is 5.69 Å². The molecule has 1 heterocycles. The molecule has 0 amide bonds. The van der Waals surface area contributed by atoms with E-state index in [1.54, 1.807) is 0 Å². The molecule has 0 saturated carbocycles. The number of hydrogen-bond donors (Lipinski definition) is 2. The molecule has 114 valence electrons. The SMILES string of the molecule is CC(C(=O)O)S(=O)(=O)Nc1cc2c(cc1[N+](=O)[O-])OCO2. The first-order valence-corrected chi connectivity index (χ1v) is 7.09. The molecule has 0 saturated heterocycles. The number of carbonyl (C=O) groups is 1. The summed E-state index contributed by atoms with van der Waals surface area (Å²) in [7, 11) is -4.34. The van der Waals surface area contributed by atoms with Gasteiger partial charge < -0.3 is 14.6 Å². The fourth-order valence-electron chi connectivity index (χ4n) is 1.54. The second kappa shape index (κ2) is 5.09. The van der Waals surface area contributed by atoms with E-state index in [1.807, 2.05) is 4.72 Å². The first-order valence-electron chi connectivity index (χ1n) is 5.55. The van der Waals surface area contributed by atoms with E-state index < -0.39 is 37.5 Å². The van der Waals surface area contributed by atoms with Crippen molar-refractivity contribution in [2.24, 2.45) is 0 Å². The van der Waals surface area contributed by atoms with Gasteiger partial charge in [0.05, 0.1) is 11.0 Å². The number of nitro groups is 1. The van der Waals surface area contributed by atoms with Crippen LogP contribution >= 0.6 is 0 Å². The summed E-state index contributed by atoms with van der Waals surface area (Å²) in [5, 5.41) is 17.9. The number of nitrogens with zero attached hydrogens (tertiary/aromatic N) is 1.